The highest BCUT2D eigenvalue weighted by molar-refractivity contribution is 6.21. The predicted octanol–water partition coefficient (Wildman–Crippen LogP) is 12.2. The Hall–Kier alpha value is -6.32. The second-order valence-corrected chi connectivity index (χ2v) is 12.2. The van der Waals surface area contributed by atoms with Gasteiger partial charge in [-0.2, -0.15) is 0 Å². The molecular weight excluding hydrogens is 585 g/mol. The molecule has 228 valence electrons. The van der Waals surface area contributed by atoms with Crippen molar-refractivity contribution in [2.45, 2.75) is 0 Å². The third-order valence-corrected chi connectivity index (χ3v) is 9.43. The van der Waals surface area contributed by atoms with Gasteiger partial charge >= 0.3 is 0 Å². The summed E-state index contributed by atoms with van der Waals surface area (Å²) in [6.45, 7) is 0. The lowest BCUT2D eigenvalue weighted by Crippen LogP contribution is -2.09. The fourth-order valence-corrected chi connectivity index (χ4v) is 7.21. The summed E-state index contributed by atoms with van der Waals surface area (Å²) in [6.07, 6.45) is 0. The first-order valence-electron chi connectivity index (χ1n) is 16.3. The van der Waals surface area contributed by atoms with Gasteiger partial charge < -0.3 is 14.2 Å². The maximum absolute atomic E-state index is 5.53. The molecule has 1 heterocycles. The lowest BCUT2D eigenvalue weighted by molar-refractivity contribution is 0.415. The van der Waals surface area contributed by atoms with Crippen molar-refractivity contribution in [2.75, 3.05) is 12.0 Å². The van der Waals surface area contributed by atoms with Crippen LogP contribution in [-0.4, -0.2) is 11.7 Å². The van der Waals surface area contributed by atoms with Gasteiger partial charge in [0.05, 0.1) is 18.1 Å². The van der Waals surface area contributed by atoms with Crippen LogP contribution in [0.2, 0.25) is 0 Å². The minimum Gasteiger partial charge on any atom is -0.497 e. The number of aromatic nitrogens is 1. The molecule has 0 unspecified atom stereocenters. The van der Waals surface area contributed by atoms with Crippen LogP contribution in [0.5, 0.6) is 5.75 Å². The first kappa shape index (κ1) is 27.9. The number of hydrogen-bond donors (Lipinski definition) is 0. The summed E-state index contributed by atoms with van der Waals surface area (Å²) in [5.41, 5.74) is 9.24. The quantitative estimate of drug-likeness (QED) is 0.173. The molecule has 48 heavy (non-hydrogen) atoms. The summed E-state index contributed by atoms with van der Waals surface area (Å²) in [5, 5.41) is 7.37. The molecule has 0 saturated heterocycles. The van der Waals surface area contributed by atoms with Gasteiger partial charge in [-0.25, -0.2) is 0 Å². The van der Waals surface area contributed by atoms with Crippen molar-refractivity contribution in [1.29, 1.82) is 0 Å². The molecule has 0 aliphatic heterocycles. The molecule has 3 nitrogen and oxygen atoms in total. The average molecular weight is 617 g/mol. The Morgan fingerprint density at radius 3 is 1.77 bits per heavy atom. The summed E-state index contributed by atoms with van der Waals surface area (Å²) in [5.74, 6) is 0.845. The smallest absolute Gasteiger partial charge is 0.118 e. The Labute approximate surface area is 279 Å². The van der Waals surface area contributed by atoms with E-state index in [9.17, 15) is 0 Å². The highest BCUT2D eigenvalue weighted by Crippen LogP contribution is 2.43. The lowest BCUT2D eigenvalue weighted by Gasteiger charge is -2.26. The fourth-order valence-electron chi connectivity index (χ4n) is 7.21. The maximum Gasteiger partial charge on any atom is 0.118 e. The Morgan fingerprint density at radius 1 is 0.438 bits per heavy atom. The van der Waals surface area contributed by atoms with E-state index in [2.05, 4.69) is 173 Å². The van der Waals surface area contributed by atoms with Gasteiger partial charge in [-0.3, -0.25) is 0 Å². The van der Waals surface area contributed by atoms with E-state index in [4.69, 9.17) is 4.74 Å². The van der Waals surface area contributed by atoms with E-state index in [0.717, 1.165) is 34.1 Å². The zero-order valence-corrected chi connectivity index (χ0v) is 26.5. The van der Waals surface area contributed by atoms with Crippen molar-refractivity contribution in [1.82, 2.24) is 4.57 Å². The number of nitrogens with zero attached hydrogens (tertiary/aromatic N) is 2. The van der Waals surface area contributed by atoms with Crippen LogP contribution in [0.1, 0.15) is 0 Å². The number of ether oxygens (including phenoxy) is 1. The molecule has 0 N–H and O–H groups in total. The standard InChI is InChI=1S/C45H32N2O/c1-48-37-24-21-31(22-25-37)40-27-32-28-45-43(39-19-11-12-20-44(39)47(45)35-17-9-4-10-18-35)30-41(32)38-26-23-36(29-42(38)40)46(33-13-5-2-6-14-33)34-15-7-3-8-16-34/h2-30H,1H3. The van der Waals surface area contributed by atoms with Crippen LogP contribution in [0.15, 0.2) is 176 Å². The lowest BCUT2D eigenvalue weighted by atomic mass is 9.91. The van der Waals surface area contributed by atoms with Gasteiger partial charge in [-0.15, -0.1) is 0 Å². The SMILES string of the molecule is COc1ccc(-c2cc3cc4c(cc3c3ccc(N(c5ccccc5)c5ccccc5)cc23)c2ccccc2n4-c2ccccc2)cc1. The molecule has 9 rings (SSSR count). The highest BCUT2D eigenvalue weighted by atomic mass is 16.5. The summed E-state index contributed by atoms with van der Waals surface area (Å²) in [4.78, 5) is 2.33. The fraction of sp³-hybridized carbons (Fsp3) is 0.0222. The van der Waals surface area contributed by atoms with Crippen molar-refractivity contribution in [3.63, 3.8) is 0 Å². The number of anilines is 3. The molecule has 0 spiro atoms. The summed E-state index contributed by atoms with van der Waals surface area (Å²) >= 11 is 0. The van der Waals surface area contributed by atoms with Gasteiger partial charge in [0.2, 0.25) is 0 Å². The van der Waals surface area contributed by atoms with Crippen molar-refractivity contribution in [3.05, 3.63) is 176 Å². The second-order valence-electron chi connectivity index (χ2n) is 12.2. The molecule has 0 saturated carbocycles. The molecule has 3 heteroatoms. The van der Waals surface area contributed by atoms with Crippen LogP contribution in [0, 0.1) is 0 Å². The minimum atomic E-state index is 0.845. The van der Waals surface area contributed by atoms with Gasteiger partial charge in [-0.05, 0) is 118 Å². The third-order valence-electron chi connectivity index (χ3n) is 9.43. The molecule has 0 radical (unpaired) electrons. The number of para-hydroxylation sites is 4. The molecule has 9 aromatic rings. The number of benzene rings is 8. The number of fused-ring (bicyclic) bond motifs is 6. The minimum absolute atomic E-state index is 0.845. The Balaban J connectivity index is 1.36. The Kier molecular flexibility index (Phi) is 6.69. The Bertz CT molecular complexity index is 2530. The molecule has 0 fully saturated rings. The van der Waals surface area contributed by atoms with Crippen molar-refractivity contribution < 1.29 is 4.74 Å². The molecule has 8 aromatic carbocycles. The molecule has 0 atom stereocenters. The number of rotatable bonds is 6. The van der Waals surface area contributed by atoms with Gasteiger partial charge in [0, 0.05) is 33.5 Å². The summed E-state index contributed by atoms with van der Waals surface area (Å²) < 4.78 is 7.93. The zero-order chi connectivity index (χ0) is 32.0. The van der Waals surface area contributed by atoms with E-state index < -0.39 is 0 Å². The maximum atomic E-state index is 5.53. The van der Waals surface area contributed by atoms with Crippen molar-refractivity contribution in [2.24, 2.45) is 0 Å². The summed E-state index contributed by atoms with van der Waals surface area (Å²) in [6, 6.07) is 63.1. The topological polar surface area (TPSA) is 17.4 Å². The number of methoxy groups -OCH3 is 1. The van der Waals surface area contributed by atoms with Crippen molar-refractivity contribution in [3.8, 4) is 22.6 Å². The van der Waals surface area contributed by atoms with Crippen LogP contribution in [0.3, 0.4) is 0 Å². The van der Waals surface area contributed by atoms with Crippen LogP contribution in [0.4, 0.5) is 17.1 Å². The van der Waals surface area contributed by atoms with E-state index >= 15 is 0 Å². The molecule has 0 bridgehead atoms. The zero-order valence-electron chi connectivity index (χ0n) is 26.5. The molecule has 1 aromatic heterocycles. The highest BCUT2D eigenvalue weighted by Gasteiger charge is 2.18. The van der Waals surface area contributed by atoms with Crippen LogP contribution >= 0.6 is 0 Å². The molecule has 0 aliphatic rings. The monoisotopic (exact) mass is 616 g/mol. The van der Waals surface area contributed by atoms with E-state index in [0.29, 0.717) is 0 Å². The second kappa shape index (κ2) is 11.5. The van der Waals surface area contributed by atoms with Gasteiger partial charge in [0.1, 0.15) is 5.75 Å². The van der Waals surface area contributed by atoms with E-state index in [1.54, 1.807) is 7.11 Å². The molecule has 0 amide bonds. The first-order valence-corrected chi connectivity index (χ1v) is 16.3. The van der Waals surface area contributed by atoms with Gasteiger partial charge in [0.25, 0.3) is 0 Å². The third kappa shape index (κ3) is 4.59. The Morgan fingerprint density at radius 2 is 1.08 bits per heavy atom. The average Bonchev–Trinajstić information content (AvgIpc) is 3.48. The number of hydrogen-bond acceptors (Lipinski definition) is 2. The normalized spacial score (nSPS) is 11.4. The van der Waals surface area contributed by atoms with E-state index in [1.807, 2.05) is 12.1 Å². The molecule has 0 aliphatic carbocycles. The molecular formula is C45H32N2O. The van der Waals surface area contributed by atoms with E-state index in [1.165, 1.54) is 48.9 Å². The first-order chi connectivity index (χ1) is 23.8. The largest absolute Gasteiger partial charge is 0.497 e. The van der Waals surface area contributed by atoms with Crippen LogP contribution in [-0.2, 0) is 0 Å². The van der Waals surface area contributed by atoms with E-state index in [-0.39, 0.29) is 0 Å². The van der Waals surface area contributed by atoms with Crippen LogP contribution < -0.4 is 9.64 Å². The van der Waals surface area contributed by atoms with Crippen LogP contribution in [0.25, 0.3) is 60.2 Å². The van der Waals surface area contributed by atoms with Gasteiger partial charge in [0.15, 0.2) is 0 Å². The van der Waals surface area contributed by atoms with Gasteiger partial charge in [-0.1, -0.05) is 91.0 Å². The van der Waals surface area contributed by atoms with Crippen molar-refractivity contribution >= 4 is 60.4 Å². The predicted molar refractivity (Wildman–Crippen MR) is 202 cm³/mol. The summed E-state index contributed by atoms with van der Waals surface area (Å²) in [7, 11) is 1.71.